The van der Waals surface area contributed by atoms with Gasteiger partial charge in [-0.3, -0.25) is 4.79 Å². The zero-order valence-electron chi connectivity index (χ0n) is 16.5. The van der Waals surface area contributed by atoms with Crippen LogP contribution in [0.25, 0.3) is 11.2 Å². The Morgan fingerprint density at radius 1 is 1.29 bits per heavy atom. The smallest absolute Gasteiger partial charge is 0.295 e. The summed E-state index contributed by atoms with van der Waals surface area (Å²) in [6.45, 7) is 8.84. The molecule has 0 bridgehead atoms. The fourth-order valence-corrected chi connectivity index (χ4v) is 3.62. The van der Waals surface area contributed by atoms with E-state index in [1.54, 1.807) is 11.8 Å². The second kappa shape index (κ2) is 8.34. The molecule has 3 atom stereocenters. The summed E-state index contributed by atoms with van der Waals surface area (Å²) in [7, 11) is 0. The van der Waals surface area contributed by atoms with Crippen LogP contribution in [0.1, 0.15) is 46.4 Å². The van der Waals surface area contributed by atoms with Crippen LogP contribution in [-0.4, -0.2) is 61.7 Å². The number of hydrogen-bond donors (Lipinski definition) is 1. The molecular formula is C18H26F2N6O2. The molecule has 3 rings (SSSR count). The largest absolute Gasteiger partial charge is 0.372 e. The number of aryl methyl sites for hydroxylation is 1. The van der Waals surface area contributed by atoms with Gasteiger partial charge in [0.1, 0.15) is 12.4 Å². The van der Waals surface area contributed by atoms with Gasteiger partial charge in [0.25, 0.3) is 6.43 Å². The molecule has 1 aliphatic heterocycles. The highest BCUT2D eigenvalue weighted by Crippen LogP contribution is 2.27. The molecule has 1 saturated heterocycles. The maximum absolute atomic E-state index is 13.3. The number of fused-ring (bicyclic) bond motifs is 1. The summed E-state index contributed by atoms with van der Waals surface area (Å²) in [5, 5.41) is 3.10. The van der Waals surface area contributed by atoms with Crippen LogP contribution in [0.3, 0.4) is 0 Å². The summed E-state index contributed by atoms with van der Waals surface area (Å²) in [6.07, 6.45) is -0.985. The molecule has 0 saturated carbocycles. The van der Waals surface area contributed by atoms with Gasteiger partial charge in [-0.05, 0) is 27.2 Å². The molecule has 0 aromatic carbocycles. The number of imidazole rings is 1. The van der Waals surface area contributed by atoms with Gasteiger partial charge in [-0.15, -0.1) is 0 Å². The third-order valence-corrected chi connectivity index (χ3v) is 4.82. The Kier molecular flexibility index (Phi) is 6.07. The van der Waals surface area contributed by atoms with E-state index in [0.717, 1.165) is 0 Å². The van der Waals surface area contributed by atoms with Gasteiger partial charge in [0.2, 0.25) is 5.91 Å². The van der Waals surface area contributed by atoms with Gasteiger partial charge in [-0.2, -0.15) is 0 Å². The molecule has 3 unspecified atom stereocenters. The number of carbonyl (C=O) groups excluding carboxylic acids is 1. The maximum atomic E-state index is 13.3. The molecule has 1 fully saturated rings. The monoisotopic (exact) mass is 396 g/mol. The van der Waals surface area contributed by atoms with E-state index < -0.39 is 12.5 Å². The van der Waals surface area contributed by atoms with E-state index in [2.05, 4.69) is 20.3 Å². The van der Waals surface area contributed by atoms with E-state index in [1.165, 1.54) is 10.9 Å². The van der Waals surface area contributed by atoms with E-state index >= 15 is 0 Å². The first kappa shape index (κ1) is 20.4. The molecule has 0 aliphatic carbocycles. The SMILES string of the molecule is CCC(Nc1ncnc2c1nc(C(F)F)n2CC)C(=O)N1CC(C)OC(C)C1. The Labute approximate surface area is 162 Å². The van der Waals surface area contributed by atoms with Gasteiger partial charge in [-0.25, -0.2) is 23.7 Å². The number of anilines is 1. The van der Waals surface area contributed by atoms with Crippen molar-refractivity contribution in [2.24, 2.45) is 0 Å². The number of hydrogen-bond acceptors (Lipinski definition) is 6. The highest BCUT2D eigenvalue weighted by molar-refractivity contribution is 5.89. The summed E-state index contributed by atoms with van der Waals surface area (Å²) in [4.78, 5) is 27.1. The van der Waals surface area contributed by atoms with Gasteiger partial charge in [0.15, 0.2) is 22.8 Å². The van der Waals surface area contributed by atoms with Gasteiger partial charge in [0, 0.05) is 19.6 Å². The topological polar surface area (TPSA) is 85.2 Å². The molecule has 154 valence electrons. The second-order valence-electron chi connectivity index (χ2n) is 7.02. The molecular weight excluding hydrogens is 370 g/mol. The predicted molar refractivity (Wildman–Crippen MR) is 100 cm³/mol. The second-order valence-corrected chi connectivity index (χ2v) is 7.02. The van der Waals surface area contributed by atoms with Crippen molar-refractivity contribution in [3.63, 3.8) is 0 Å². The minimum Gasteiger partial charge on any atom is -0.372 e. The minimum absolute atomic E-state index is 0.0372. The lowest BCUT2D eigenvalue weighted by atomic mass is 10.1. The Morgan fingerprint density at radius 2 is 1.96 bits per heavy atom. The number of nitrogens with zero attached hydrogens (tertiary/aromatic N) is 5. The number of morpholine rings is 1. The Hall–Kier alpha value is -2.36. The first-order valence-corrected chi connectivity index (χ1v) is 9.55. The number of carbonyl (C=O) groups is 1. The van der Waals surface area contributed by atoms with Crippen molar-refractivity contribution in [3.05, 3.63) is 12.2 Å². The van der Waals surface area contributed by atoms with Crippen LogP contribution in [0.5, 0.6) is 0 Å². The lowest BCUT2D eigenvalue weighted by molar-refractivity contribution is -0.144. The average molecular weight is 396 g/mol. The van der Waals surface area contributed by atoms with Crippen LogP contribution < -0.4 is 5.32 Å². The summed E-state index contributed by atoms with van der Waals surface area (Å²) < 4.78 is 33.7. The van der Waals surface area contributed by atoms with E-state index in [4.69, 9.17) is 4.74 Å². The van der Waals surface area contributed by atoms with Crippen molar-refractivity contribution in [1.29, 1.82) is 0 Å². The van der Waals surface area contributed by atoms with Crippen molar-refractivity contribution < 1.29 is 18.3 Å². The van der Waals surface area contributed by atoms with E-state index in [1.807, 2.05) is 20.8 Å². The van der Waals surface area contributed by atoms with Gasteiger partial charge in [-0.1, -0.05) is 6.92 Å². The van der Waals surface area contributed by atoms with Gasteiger partial charge < -0.3 is 19.5 Å². The van der Waals surface area contributed by atoms with Gasteiger partial charge >= 0.3 is 0 Å². The zero-order chi connectivity index (χ0) is 20.4. The van der Waals surface area contributed by atoms with Crippen molar-refractivity contribution in [1.82, 2.24) is 24.4 Å². The number of nitrogens with one attached hydrogen (secondary N) is 1. The van der Waals surface area contributed by atoms with Crippen LogP contribution in [0.15, 0.2) is 6.33 Å². The van der Waals surface area contributed by atoms with Crippen molar-refractivity contribution in [3.8, 4) is 0 Å². The normalized spacial score (nSPS) is 21.3. The molecule has 0 radical (unpaired) electrons. The van der Waals surface area contributed by atoms with E-state index in [0.29, 0.717) is 31.7 Å². The molecule has 1 N–H and O–H groups in total. The lowest BCUT2D eigenvalue weighted by Gasteiger charge is -2.37. The molecule has 3 heterocycles. The van der Waals surface area contributed by atoms with Crippen LogP contribution >= 0.6 is 0 Å². The number of amides is 1. The van der Waals surface area contributed by atoms with Crippen molar-refractivity contribution in [2.45, 2.75) is 65.3 Å². The standard InChI is InChI=1S/C18H26F2N6O2/c1-5-12(18(27)25-7-10(3)28-11(4)8-25)23-15-13-16(22-9-21-15)26(6-2)17(24-13)14(19)20/h9-12,14H,5-8H2,1-4H3,(H,21,22,23). The number of alkyl halides is 2. The average Bonchev–Trinajstić information content (AvgIpc) is 3.04. The van der Waals surface area contributed by atoms with Crippen LogP contribution in [0.4, 0.5) is 14.6 Å². The summed E-state index contributed by atoms with van der Waals surface area (Å²) in [6, 6.07) is -0.544. The molecule has 0 spiro atoms. The van der Waals surface area contributed by atoms with E-state index in [-0.39, 0.29) is 35.3 Å². The quantitative estimate of drug-likeness (QED) is 0.808. The maximum Gasteiger partial charge on any atom is 0.295 e. The van der Waals surface area contributed by atoms with Crippen molar-refractivity contribution >= 4 is 22.9 Å². The van der Waals surface area contributed by atoms with Crippen LogP contribution in [-0.2, 0) is 16.1 Å². The summed E-state index contributed by atoms with van der Waals surface area (Å²) in [5.41, 5.74) is 0.570. The first-order valence-electron chi connectivity index (χ1n) is 9.55. The molecule has 10 heteroatoms. The number of halogens is 2. The Morgan fingerprint density at radius 3 is 2.54 bits per heavy atom. The predicted octanol–water partition coefficient (Wildman–Crippen LogP) is 2.61. The highest BCUT2D eigenvalue weighted by atomic mass is 19.3. The third-order valence-electron chi connectivity index (χ3n) is 4.82. The lowest BCUT2D eigenvalue weighted by Crippen LogP contribution is -2.52. The number of rotatable bonds is 6. The molecule has 2 aromatic heterocycles. The summed E-state index contributed by atoms with van der Waals surface area (Å²) in [5.74, 6) is -0.134. The third kappa shape index (κ3) is 3.91. The number of ether oxygens (including phenoxy) is 1. The fraction of sp³-hybridized carbons (Fsp3) is 0.667. The highest BCUT2D eigenvalue weighted by Gasteiger charge is 2.31. The minimum atomic E-state index is -2.72. The molecule has 1 aliphatic rings. The molecule has 2 aromatic rings. The summed E-state index contributed by atoms with van der Waals surface area (Å²) >= 11 is 0. The number of aromatic nitrogens is 4. The zero-order valence-corrected chi connectivity index (χ0v) is 16.5. The Balaban J connectivity index is 1.88. The van der Waals surface area contributed by atoms with E-state index in [9.17, 15) is 13.6 Å². The Bertz CT molecular complexity index is 833. The van der Waals surface area contributed by atoms with Crippen LogP contribution in [0, 0.1) is 0 Å². The molecule has 8 nitrogen and oxygen atoms in total. The van der Waals surface area contributed by atoms with Crippen LogP contribution in [0.2, 0.25) is 0 Å². The molecule has 1 amide bonds. The fourth-order valence-electron chi connectivity index (χ4n) is 3.62. The molecule has 28 heavy (non-hydrogen) atoms. The van der Waals surface area contributed by atoms with Crippen molar-refractivity contribution in [2.75, 3.05) is 18.4 Å². The first-order chi connectivity index (χ1) is 13.3. The van der Waals surface area contributed by atoms with Gasteiger partial charge in [0.05, 0.1) is 12.2 Å².